The summed E-state index contributed by atoms with van der Waals surface area (Å²) in [6.45, 7) is 0. The molecular weight excluding hydrogens is 254 g/mol. The number of rotatable bonds is 1. The van der Waals surface area contributed by atoms with Gasteiger partial charge in [0.1, 0.15) is 17.2 Å². The topological polar surface area (TPSA) is 49.4 Å². The number of carbonyl (C=O) groups excluding carboxylic acids is 2. The smallest absolute Gasteiger partial charge is 0.323 e. The second-order valence-corrected chi connectivity index (χ2v) is 4.96. The minimum Gasteiger partial charge on any atom is -0.323 e. The van der Waals surface area contributed by atoms with Crippen molar-refractivity contribution < 1.29 is 18.4 Å². The van der Waals surface area contributed by atoms with E-state index in [1.165, 1.54) is 0 Å². The van der Waals surface area contributed by atoms with Gasteiger partial charge in [0.2, 0.25) is 0 Å². The van der Waals surface area contributed by atoms with Crippen LogP contribution in [0.5, 0.6) is 0 Å². The van der Waals surface area contributed by atoms with Gasteiger partial charge in [-0.1, -0.05) is 12.8 Å². The van der Waals surface area contributed by atoms with Crippen molar-refractivity contribution in [3.05, 3.63) is 29.8 Å². The summed E-state index contributed by atoms with van der Waals surface area (Å²) < 4.78 is 26.6. The molecule has 0 atom stereocenters. The first-order valence-electron chi connectivity index (χ1n) is 6.15. The number of carbonyl (C=O) groups is 2. The van der Waals surface area contributed by atoms with Crippen molar-refractivity contribution in [3.8, 4) is 0 Å². The van der Waals surface area contributed by atoms with Gasteiger partial charge in [0.25, 0.3) is 5.91 Å². The number of anilines is 1. The van der Waals surface area contributed by atoms with E-state index in [1.54, 1.807) is 0 Å². The molecule has 0 bridgehead atoms. The molecule has 0 radical (unpaired) electrons. The third kappa shape index (κ3) is 1.70. The van der Waals surface area contributed by atoms with Crippen LogP contribution in [0, 0.1) is 11.6 Å². The summed E-state index contributed by atoms with van der Waals surface area (Å²) in [7, 11) is 0. The molecule has 1 aliphatic carbocycles. The maximum absolute atomic E-state index is 13.7. The van der Waals surface area contributed by atoms with Gasteiger partial charge >= 0.3 is 6.03 Å². The standard InChI is InChI=1S/C13H12F2N2O2/c14-8-3-4-10(9(15)7-8)17-11(18)13(16-12(17)19)5-1-2-6-13/h3-4,7H,1-2,5-6H2,(H,16,19). The van der Waals surface area contributed by atoms with Crippen LogP contribution in [0.2, 0.25) is 0 Å². The van der Waals surface area contributed by atoms with Crippen LogP contribution in [-0.2, 0) is 4.79 Å². The first-order valence-corrected chi connectivity index (χ1v) is 6.15. The zero-order valence-electron chi connectivity index (χ0n) is 10.1. The molecule has 0 unspecified atom stereocenters. The number of hydrogen-bond acceptors (Lipinski definition) is 2. The van der Waals surface area contributed by atoms with Crippen molar-refractivity contribution in [2.45, 2.75) is 31.2 Å². The summed E-state index contributed by atoms with van der Waals surface area (Å²) in [5.74, 6) is -2.11. The Bertz CT molecular complexity index is 568. The van der Waals surface area contributed by atoms with Crippen LogP contribution >= 0.6 is 0 Å². The fourth-order valence-corrected chi connectivity index (χ4v) is 2.82. The van der Waals surface area contributed by atoms with E-state index in [-0.39, 0.29) is 5.69 Å². The molecule has 1 aromatic rings. The molecule has 19 heavy (non-hydrogen) atoms. The summed E-state index contributed by atoms with van der Waals surface area (Å²) >= 11 is 0. The SMILES string of the molecule is O=C1NC2(CCCC2)C(=O)N1c1ccc(F)cc1F. The summed E-state index contributed by atoms with van der Waals surface area (Å²) in [5.41, 5.74) is -1.09. The lowest BCUT2D eigenvalue weighted by molar-refractivity contribution is -0.121. The molecule has 100 valence electrons. The van der Waals surface area contributed by atoms with Gasteiger partial charge in [-0.15, -0.1) is 0 Å². The van der Waals surface area contributed by atoms with Gasteiger partial charge in [0, 0.05) is 6.07 Å². The van der Waals surface area contributed by atoms with Crippen molar-refractivity contribution in [2.75, 3.05) is 4.90 Å². The van der Waals surface area contributed by atoms with E-state index in [1.807, 2.05) is 0 Å². The number of imide groups is 1. The highest BCUT2D eigenvalue weighted by Crippen LogP contribution is 2.37. The molecule has 1 saturated heterocycles. The summed E-state index contributed by atoms with van der Waals surface area (Å²) in [4.78, 5) is 25.1. The van der Waals surface area contributed by atoms with Crippen LogP contribution in [0.3, 0.4) is 0 Å². The molecule has 1 aromatic carbocycles. The van der Waals surface area contributed by atoms with E-state index < -0.39 is 29.1 Å². The lowest BCUT2D eigenvalue weighted by Crippen LogP contribution is -2.44. The zero-order valence-corrected chi connectivity index (χ0v) is 10.1. The minimum atomic E-state index is -0.918. The molecule has 1 spiro atoms. The van der Waals surface area contributed by atoms with Gasteiger partial charge in [0.15, 0.2) is 0 Å². The van der Waals surface area contributed by atoms with Crippen molar-refractivity contribution >= 4 is 17.6 Å². The predicted octanol–water partition coefficient (Wildman–Crippen LogP) is 2.33. The second kappa shape index (κ2) is 4.01. The van der Waals surface area contributed by atoms with Crippen molar-refractivity contribution in [1.29, 1.82) is 0 Å². The average molecular weight is 266 g/mol. The molecule has 1 aliphatic heterocycles. The third-order valence-corrected chi connectivity index (χ3v) is 3.77. The van der Waals surface area contributed by atoms with Crippen molar-refractivity contribution in [1.82, 2.24) is 5.32 Å². The average Bonchev–Trinajstić information content (AvgIpc) is 2.89. The Balaban J connectivity index is 2.01. The fourth-order valence-electron chi connectivity index (χ4n) is 2.82. The summed E-state index contributed by atoms with van der Waals surface area (Å²) in [5, 5.41) is 2.65. The normalized spacial score (nSPS) is 21.3. The van der Waals surface area contributed by atoms with E-state index in [9.17, 15) is 18.4 Å². The Morgan fingerprint density at radius 3 is 2.47 bits per heavy atom. The quantitative estimate of drug-likeness (QED) is 0.793. The Kier molecular flexibility index (Phi) is 2.55. The van der Waals surface area contributed by atoms with Gasteiger partial charge in [-0.25, -0.2) is 18.5 Å². The lowest BCUT2D eigenvalue weighted by atomic mass is 9.98. The maximum atomic E-state index is 13.7. The van der Waals surface area contributed by atoms with E-state index in [2.05, 4.69) is 5.32 Å². The van der Waals surface area contributed by atoms with Crippen LogP contribution in [0.1, 0.15) is 25.7 Å². The van der Waals surface area contributed by atoms with E-state index in [4.69, 9.17) is 0 Å². The molecule has 3 amide bonds. The molecule has 0 aromatic heterocycles. The van der Waals surface area contributed by atoms with Crippen LogP contribution in [-0.4, -0.2) is 17.5 Å². The highest BCUT2D eigenvalue weighted by Gasteiger charge is 2.53. The van der Waals surface area contributed by atoms with E-state index in [0.717, 1.165) is 29.9 Å². The number of halogens is 2. The molecule has 3 rings (SSSR count). The third-order valence-electron chi connectivity index (χ3n) is 3.77. The van der Waals surface area contributed by atoms with Gasteiger partial charge in [-0.3, -0.25) is 4.79 Å². The number of nitrogens with zero attached hydrogens (tertiary/aromatic N) is 1. The van der Waals surface area contributed by atoms with E-state index in [0.29, 0.717) is 18.9 Å². The zero-order chi connectivity index (χ0) is 13.6. The first kappa shape index (κ1) is 12.1. The van der Waals surface area contributed by atoms with Gasteiger partial charge in [-0.2, -0.15) is 0 Å². The van der Waals surface area contributed by atoms with Crippen LogP contribution in [0.15, 0.2) is 18.2 Å². The lowest BCUT2D eigenvalue weighted by Gasteiger charge is -2.20. The van der Waals surface area contributed by atoms with Gasteiger partial charge in [0.05, 0.1) is 5.69 Å². The summed E-state index contributed by atoms with van der Waals surface area (Å²) in [6, 6.07) is 2.15. The highest BCUT2D eigenvalue weighted by molar-refractivity contribution is 6.23. The molecule has 4 nitrogen and oxygen atoms in total. The monoisotopic (exact) mass is 266 g/mol. The first-order chi connectivity index (χ1) is 9.03. The molecule has 1 saturated carbocycles. The Morgan fingerprint density at radius 2 is 1.84 bits per heavy atom. The van der Waals surface area contributed by atoms with E-state index >= 15 is 0 Å². The minimum absolute atomic E-state index is 0.201. The second-order valence-electron chi connectivity index (χ2n) is 4.96. The number of amides is 3. The van der Waals surface area contributed by atoms with Crippen LogP contribution in [0.4, 0.5) is 19.3 Å². The van der Waals surface area contributed by atoms with Crippen molar-refractivity contribution in [3.63, 3.8) is 0 Å². The molecule has 6 heteroatoms. The Hall–Kier alpha value is -1.98. The Morgan fingerprint density at radius 1 is 1.16 bits per heavy atom. The van der Waals surface area contributed by atoms with Crippen LogP contribution < -0.4 is 10.2 Å². The predicted molar refractivity (Wildman–Crippen MR) is 63.6 cm³/mol. The largest absolute Gasteiger partial charge is 0.329 e. The number of benzene rings is 1. The number of nitrogens with one attached hydrogen (secondary N) is 1. The van der Waals surface area contributed by atoms with Gasteiger partial charge < -0.3 is 5.32 Å². The Labute approximate surface area is 108 Å². The fraction of sp³-hybridized carbons (Fsp3) is 0.385. The van der Waals surface area contributed by atoms with Crippen LogP contribution in [0.25, 0.3) is 0 Å². The molecular formula is C13H12F2N2O2. The molecule has 2 aliphatic rings. The number of hydrogen-bond donors (Lipinski definition) is 1. The molecule has 1 heterocycles. The molecule has 2 fully saturated rings. The number of urea groups is 1. The van der Waals surface area contributed by atoms with Gasteiger partial charge in [-0.05, 0) is 25.0 Å². The highest BCUT2D eigenvalue weighted by atomic mass is 19.1. The summed E-state index contributed by atoms with van der Waals surface area (Å²) in [6.07, 6.45) is 2.84. The molecule has 1 N–H and O–H groups in total. The maximum Gasteiger partial charge on any atom is 0.329 e. The van der Waals surface area contributed by atoms with Crippen molar-refractivity contribution in [2.24, 2.45) is 0 Å².